The van der Waals surface area contributed by atoms with Crippen LogP contribution in [0.25, 0.3) is 10.1 Å². The molecule has 4 aromatic rings. The van der Waals surface area contributed by atoms with E-state index in [1.165, 1.54) is 11.3 Å². The minimum absolute atomic E-state index is 0.0459. The SMILES string of the molecule is O=C(O)C(F)(F)F.O=C1N[C@](Cc2ccncc2)(Cc2csc3ccccc23)C(=O)N1c1ccc(S(=O)(=O)C(F)(F)F)cc1. The number of urea groups is 1. The Labute approximate surface area is 248 Å². The lowest BCUT2D eigenvalue weighted by molar-refractivity contribution is -0.192. The highest BCUT2D eigenvalue weighted by Gasteiger charge is 2.52. The molecule has 0 spiro atoms. The molecule has 1 fully saturated rings. The summed E-state index contributed by atoms with van der Waals surface area (Å²) in [6.07, 6.45) is -1.63. The zero-order valence-corrected chi connectivity index (χ0v) is 23.5. The normalized spacial score (nSPS) is 17.3. The number of aliphatic carboxylic acids is 1. The van der Waals surface area contributed by atoms with Crippen LogP contribution in [0.1, 0.15) is 11.1 Å². The number of hydrogen-bond donors (Lipinski definition) is 2. The number of amides is 3. The maximum absolute atomic E-state index is 13.9. The Morgan fingerprint density at radius 2 is 1.52 bits per heavy atom. The molecule has 1 saturated heterocycles. The van der Waals surface area contributed by atoms with E-state index in [-0.39, 0.29) is 18.5 Å². The largest absolute Gasteiger partial charge is 0.501 e. The lowest BCUT2D eigenvalue weighted by Gasteiger charge is -2.27. The van der Waals surface area contributed by atoms with Crippen molar-refractivity contribution in [1.82, 2.24) is 10.3 Å². The third-order valence-electron chi connectivity index (χ3n) is 6.42. The first kappa shape index (κ1) is 32.4. The average Bonchev–Trinajstić information content (AvgIpc) is 3.45. The smallest absolute Gasteiger partial charge is 0.475 e. The standard InChI is InChI=1S/C25H18F3N3O4S2.C2HF3O2/c26-25(27,28)37(34,35)19-7-5-18(6-8-19)31-22(32)24(30-23(31)33,13-16-9-11-29-12-10-16)14-17-15-36-21-4-2-1-3-20(17)21;3-2(4,5)1(6)7/h1-12,15H,13-14H2,(H,30,33);(H,6,7)/t24-;/m1./s1. The molecule has 0 bridgehead atoms. The number of carbonyl (C=O) groups excluding carboxylic acids is 2. The van der Waals surface area contributed by atoms with Crippen LogP contribution in [-0.4, -0.2) is 53.6 Å². The topological polar surface area (TPSA) is 134 Å². The molecule has 0 unspecified atom stereocenters. The first-order valence-corrected chi connectivity index (χ1v) is 14.5. The number of fused-ring (bicyclic) bond motifs is 1. The van der Waals surface area contributed by atoms with Crippen molar-refractivity contribution in [2.45, 2.75) is 35.0 Å². The molecule has 9 nitrogen and oxygen atoms in total. The zero-order chi connectivity index (χ0) is 32.5. The number of nitrogens with zero attached hydrogens (tertiary/aromatic N) is 2. The van der Waals surface area contributed by atoms with Crippen molar-refractivity contribution < 1.29 is 54.3 Å². The summed E-state index contributed by atoms with van der Waals surface area (Å²) >= 11 is 1.51. The van der Waals surface area contributed by atoms with E-state index in [0.717, 1.165) is 50.4 Å². The van der Waals surface area contributed by atoms with Gasteiger partial charge in [0.05, 0.1) is 10.6 Å². The fraction of sp³-hybridized carbons (Fsp3) is 0.185. The lowest BCUT2D eigenvalue weighted by atomic mass is 9.84. The molecule has 2 aromatic heterocycles. The molecule has 1 aliphatic heterocycles. The second-order valence-corrected chi connectivity index (χ2v) is 12.2. The highest BCUT2D eigenvalue weighted by molar-refractivity contribution is 7.92. The van der Waals surface area contributed by atoms with Crippen molar-refractivity contribution in [2.75, 3.05) is 4.90 Å². The molecular weight excluding hydrogens is 640 g/mol. The number of sulfone groups is 1. The van der Waals surface area contributed by atoms with Crippen molar-refractivity contribution in [3.63, 3.8) is 0 Å². The van der Waals surface area contributed by atoms with Crippen LogP contribution < -0.4 is 10.2 Å². The second-order valence-electron chi connectivity index (χ2n) is 9.36. The number of imide groups is 1. The number of benzene rings is 2. The highest BCUT2D eigenvalue weighted by Crippen LogP contribution is 2.36. The van der Waals surface area contributed by atoms with E-state index in [4.69, 9.17) is 9.90 Å². The number of halogens is 6. The summed E-state index contributed by atoms with van der Waals surface area (Å²) in [5.74, 6) is -3.36. The van der Waals surface area contributed by atoms with Crippen molar-refractivity contribution in [3.8, 4) is 0 Å². The van der Waals surface area contributed by atoms with E-state index >= 15 is 0 Å². The van der Waals surface area contributed by atoms with Crippen molar-refractivity contribution in [2.24, 2.45) is 0 Å². The first-order valence-electron chi connectivity index (χ1n) is 12.2. The van der Waals surface area contributed by atoms with Crippen LogP contribution >= 0.6 is 11.3 Å². The quantitative estimate of drug-likeness (QED) is 0.206. The Morgan fingerprint density at radius 1 is 0.932 bits per heavy atom. The van der Waals surface area contributed by atoms with Gasteiger partial charge >= 0.3 is 23.7 Å². The molecule has 44 heavy (non-hydrogen) atoms. The molecule has 0 saturated carbocycles. The molecular formula is C27H19F6N3O6S2. The number of nitrogens with one attached hydrogen (secondary N) is 1. The van der Waals surface area contributed by atoms with E-state index in [0.29, 0.717) is 0 Å². The Bertz CT molecular complexity index is 1810. The summed E-state index contributed by atoms with van der Waals surface area (Å²) in [5, 5.41) is 12.8. The van der Waals surface area contributed by atoms with Crippen molar-refractivity contribution in [1.29, 1.82) is 0 Å². The zero-order valence-electron chi connectivity index (χ0n) is 21.9. The molecule has 5 rings (SSSR count). The summed E-state index contributed by atoms with van der Waals surface area (Å²) < 4.78 is 95.0. The number of thiophene rings is 1. The van der Waals surface area contributed by atoms with Gasteiger partial charge in [0.1, 0.15) is 5.54 Å². The third kappa shape index (κ3) is 6.52. The van der Waals surface area contributed by atoms with Gasteiger partial charge < -0.3 is 10.4 Å². The van der Waals surface area contributed by atoms with E-state index in [2.05, 4.69) is 10.3 Å². The van der Waals surface area contributed by atoms with Gasteiger partial charge in [0, 0.05) is 29.9 Å². The molecule has 1 atom stereocenters. The van der Waals surface area contributed by atoms with Crippen LogP contribution in [0.2, 0.25) is 0 Å². The maximum atomic E-state index is 13.9. The number of aromatic nitrogens is 1. The highest BCUT2D eigenvalue weighted by atomic mass is 32.2. The Morgan fingerprint density at radius 3 is 2.09 bits per heavy atom. The van der Waals surface area contributed by atoms with E-state index < -0.39 is 49.9 Å². The van der Waals surface area contributed by atoms with Crippen LogP contribution in [-0.2, 0) is 32.3 Å². The van der Waals surface area contributed by atoms with E-state index in [1.54, 1.807) is 24.5 Å². The molecule has 0 aliphatic carbocycles. The predicted octanol–water partition coefficient (Wildman–Crippen LogP) is 5.50. The minimum Gasteiger partial charge on any atom is -0.475 e. The average molecular weight is 660 g/mol. The van der Waals surface area contributed by atoms with Gasteiger partial charge in [-0.2, -0.15) is 26.3 Å². The van der Waals surface area contributed by atoms with Gasteiger partial charge in [0.15, 0.2) is 0 Å². The number of carboxylic acid groups (broad SMARTS) is 1. The Hall–Kier alpha value is -4.51. The van der Waals surface area contributed by atoms with Crippen LogP contribution in [0.5, 0.6) is 0 Å². The molecule has 17 heteroatoms. The van der Waals surface area contributed by atoms with Crippen LogP contribution in [0, 0.1) is 0 Å². The van der Waals surface area contributed by atoms with Crippen LogP contribution in [0.4, 0.5) is 36.8 Å². The number of carboxylic acids is 1. The fourth-order valence-corrected chi connectivity index (χ4v) is 6.13. The van der Waals surface area contributed by atoms with E-state index in [1.807, 2.05) is 29.6 Å². The third-order valence-corrected chi connectivity index (χ3v) is 8.94. The second kappa shape index (κ2) is 11.9. The maximum Gasteiger partial charge on any atom is 0.501 e. The number of carbonyl (C=O) groups is 3. The van der Waals surface area contributed by atoms with E-state index in [9.17, 15) is 44.3 Å². The lowest BCUT2D eigenvalue weighted by Crippen LogP contribution is -2.51. The predicted molar refractivity (Wildman–Crippen MR) is 146 cm³/mol. The van der Waals surface area contributed by atoms with Gasteiger partial charge in [-0.15, -0.1) is 11.3 Å². The summed E-state index contributed by atoms with van der Waals surface area (Å²) in [7, 11) is -5.57. The van der Waals surface area contributed by atoms with Crippen LogP contribution in [0.15, 0.2) is 83.3 Å². The van der Waals surface area contributed by atoms with Gasteiger partial charge in [0.25, 0.3) is 15.7 Å². The molecule has 232 valence electrons. The van der Waals surface area contributed by atoms with Gasteiger partial charge in [-0.25, -0.2) is 22.9 Å². The number of alkyl halides is 6. The Kier molecular flexibility index (Phi) is 8.75. The Balaban J connectivity index is 0.000000566. The first-order chi connectivity index (χ1) is 20.5. The molecule has 2 N–H and O–H groups in total. The van der Waals surface area contributed by atoms with Gasteiger partial charge in [-0.05, 0) is 64.4 Å². The molecule has 1 aliphatic rings. The minimum atomic E-state index is -5.57. The summed E-state index contributed by atoms with van der Waals surface area (Å²) in [5.41, 5.74) is -5.30. The fourth-order valence-electron chi connectivity index (χ4n) is 4.41. The molecule has 0 radical (unpaired) electrons. The number of rotatable bonds is 6. The number of hydrogen-bond acceptors (Lipinski definition) is 7. The summed E-state index contributed by atoms with van der Waals surface area (Å²) in [4.78, 5) is 39.7. The van der Waals surface area contributed by atoms with Gasteiger partial charge in [0.2, 0.25) is 0 Å². The van der Waals surface area contributed by atoms with Crippen molar-refractivity contribution in [3.05, 3.63) is 89.6 Å². The number of pyridine rings is 1. The molecule has 3 amide bonds. The molecule has 2 aromatic carbocycles. The van der Waals surface area contributed by atoms with Gasteiger partial charge in [-0.1, -0.05) is 18.2 Å². The summed E-state index contributed by atoms with van der Waals surface area (Å²) in [6.45, 7) is 0. The summed E-state index contributed by atoms with van der Waals surface area (Å²) in [6, 6.07) is 13.9. The van der Waals surface area contributed by atoms with Gasteiger partial charge in [-0.3, -0.25) is 9.78 Å². The van der Waals surface area contributed by atoms with Crippen LogP contribution in [0.3, 0.4) is 0 Å². The molecule has 3 heterocycles. The van der Waals surface area contributed by atoms with Crippen molar-refractivity contribution >= 4 is 54.9 Å². The number of anilines is 1. The monoisotopic (exact) mass is 659 g/mol.